The Bertz CT molecular complexity index is 567. The Morgan fingerprint density at radius 1 is 1.22 bits per heavy atom. The van der Waals surface area contributed by atoms with Crippen molar-refractivity contribution < 1.29 is 13.2 Å². The molecule has 6 nitrogen and oxygen atoms in total. The van der Waals surface area contributed by atoms with Crippen molar-refractivity contribution in [2.45, 2.75) is 19.9 Å². The van der Waals surface area contributed by atoms with Crippen molar-refractivity contribution in [1.29, 1.82) is 0 Å². The van der Waals surface area contributed by atoms with Gasteiger partial charge in [0, 0.05) is 20.1 Å². The van der Waals surface area contributed by atoms with Crippen molar-refractivity contribution in [1.82, 2.24) is 9.21 Å². The second-order valence-corrected chi connectivity index (χ2v) is 7.46. The van der Waals surface area contributed by atoms with E-state index >= 15 is 0 Å². The van der Waals surface area contributed by atoms with Crippen LogP contribution in [0.25, 0.3) is 0 Å². The molecule has 0 bridgehead atoms. The zero-order chi connectivity index (χ0) is 16.6. The number of nitrogens with two attached hydrogens (primary N) is 1. The van der Waals surface area contributed by atoms with E-state index in [-0.39, 0.29) is 30.6 Å². The summed E-state index contributed by atoms with van der Waals surface area (Å²) in [5, 5.41) is 0. The lowest BCUT2D eigenvalue weighted by molar-refractivity contribution is -0.131. The van der Waals surface area contributed by atoms with Gasteiger partial charge in [0.1, 0.15) is 0 Å². The summed E-state index contributed by atoms with van der Waals surface area (Å²) in [6, 6.07) is 9.62. The van der Waals surface area contributed by atoms with Gasteiger partial charge in [0.05, 0.1) is 12.3 Å². The van der Waals surface area contributed by atoms with Gasteiger partial charge in [-0.05, 0) is 25.5 Å². The third-order valence-corrected chi connectivity index (χ3v) is 5.21. The van der Waals surface area contributed by atoms with E-state index in [0.29, 0.717) is 26.1 Å². The van der Waals surface area contributed by atoms with Crippen LogP contribution in [0.15, 0.2) is 30.3 Å². The summed E-state index contributed by atoms with van der Waals surface area (Å²) >= 11 is 0. The third kappa shape index (κ3) is 7.30. The number of carbonyl (C=O) groups excluding carboxylic acids is 1. The molecule has 0 fully saturated rings. The van der Waals surface area contributed by atoms with Gasteiger partial charge in [0.15, 0.2) is 0 Å². The SMILES string of the molecule is CCS(=O)(=O)N(C)CC(=O)N(CCCN)Cc1ccccc1.Cl. The fourth-order valence-electron chi connectivity index (χ4n) is 1.99. The lowest BCUT2D eigenvalue weighted by atomic mass is 10.2. The van der Waals surface area contributed by atoms with E-state index < -0.39 is 10.0 Å². The van der Waals surface area contributed by atoms with Gasteiger partial charge in [-0.3, -0.25) is 4.79 Å². The zero-order valence-corrected chi connectivity index (χ0v) is 15.3. The summed E-state index contributed by atoms with van der Waals surface area (Å²) in [5.41, 5.74) is 6.53. The monoisotopic (exact) mass is 363 g/mol. The first kappa shape index (κ1) is 21.9. The Morgan fingerprint density at radius 3 is 2.35 bits per heavy atom. The highest BCUT2D eigenvalue weighted by molar-refractivity contribution is 7.89. The molecule has 1 aromatic carbocycles. The molecule has 1 aromatic rings. The minimum absolute atomic E-state index is 0. The van der Waals surface area contributed by atoms with Gasteiger partial charge in [-0.15, -0.1) is 12.4 Å². The number of rotatable bonds is 9. The first-order valence-electron chi connectivity index (χ1n) is 7.36. The molecule has 0 aliphatic carbocycles. The molecule has 23 heavy (non-hydrogen) atoms. The summed E-state index contributed by atoms with van der Waals surface area (Å²) < 4.78 is 24.6. The number of halogens is 1. The standard InChI is InChI=1S/C15H25N3O3S.ClH/c1-3-22(20,21)17(2)13-15(19)18(11-7-10-16)12-14-8-5-4-6-9-14;/h4-6,8-9H,3,7,10-13,16H2,1-2H3;1H. The Hall–Kier alpha value is -1.15. The summed E-state index contributed by atoms with van der Waals surface area (Å²) in [6.45, 7) is 2.88. The number of hydrogen-bond acceptors (Lipinski definition) is 4. The van der Waals surface area contributed by atoms with Gasteiger partial charge in [0.2, 0.25) is 15.9 Å². The van der Waals surface area contributed by atoms with Crippen LogP contribution in [-0.4, -0.2) is 56.0 Å². The van der Waals surface area contributed by atoms with Crippen molar-refractivity contribution >= 4 is 28.3 Å². The number of amides is 1. The van der Waals surface area contributed by atoms with Gasteiger partial charge in [-0.25, -0.2) is 8.42 Å². The van der Waals surface area contributed by atoms with Crippen LogP contribution in [0, 0.1) is 0 Å². The number of likely N-dealkylation sites (N-methyl/N-ethyl adjacent to an activating group) is 1. The van der Waals surface area contributed by atoms with Crippen LogP contribution in [-0.2, 0) is 21.4 Å². The molecule has 0 atom stereocenters. The quantitative estimate of drug-likeness (QED) is 0.711. The minimum Gasteiger partial charge on any atom is -0.337 e. The molecule has 0 aromatic heterocycles. The van der Waals surface area contributed by atoms with Crippen molar-refractivity contribution in [3.63, 3.8) is 0 Å². The van der Waals surface area contributed by atoms with Crippen LogP contribution in [0.1, 0.15) is 18.9 Å². The molecular formula is C15H26ClN3O3S. The maximum Gasteiger partial charge on any atom is 0.238 e. The van der Waals surface area contributed by atoms with Crippen molar-refractivity contribution in [3.05, 3.63) is 35.9 Å². The smallest absolute Gasteiger partial charge is 0.238 e. The first-order valence-corrected chi connectivity index (χ1v) is 8.97. The van der Waals surface area contributed by atoms with Gasteiger partial charge >= 0.3 is 0 Å². The molecule has 0 aliphatic rings. The molecule has 0 spiro atoms. The van der Waals surface area contributed by atoms with Gasteiger partial charge in [0.25, 0.3) is 0 Å². The Kier molecular flexibility index (Phi) is 10.1. The van der Waals surface area contributed by atoms with E-state index in [1.54, 1.807) is 11.8 Å². The summed E-state index contributed by atoms with van der Waals surface area (Å²) in [7, 11) is -1.93. The van der Waals surface area contributed by atoms with E-state index in [1.807, 2.05) is 30.3 Å². The second-order valence-electron chi connectivity index (χ2n) is 5.10. The van der Waals surface area contributed by atoms with E-state index in [1.165, 1.54) is 7.05 Å². The van der Waals surface area contributed by atoms with Crippen molar-refractivity contribution in [2.24, 2.45) is 5.73 Å². The molecule has 0 unspecified atom stereocenters. The topological polar surface area (TPSA) is 83.7 Å². The van der Waals surface area contributed by atoms with Crippen LogP contribution in [0.3, 0.4) is 0 Å². The average Bonchev–Trinajstić information content (AvgIpc) is 2.52. The van der Waals surface area contributed by atoms with E-state index in [0.717, 1.165) is 9.87 Å². The van der Waals surface area contributed by atoms with Crippen LogP contribution in [0.2, 0.25) is 0 Å². The van der Waals surface area contributed by atoms with Crippen LogP contribution in [0.4, 0.5) is 0 Å². The number of sulfonamides is 1. The second kappa shape index (κ2) is 10.6. The molecule has 1 amide bonds. The Balaban J connectivity index is 0.00000484. The molecule has 0 aliphatic heterocycles. The maximum atomic E-state index is 12.4. The minimum atomic E-state index is -3.36. The lowest BCUT2D eigenvalue weighted by Gasteiger charge is -2.25. The predicted octanol–water partition coefficient (Wildman–Crippen LogP) is 1.07. The number of hydrogen-bond donors (Lipinski definition) is 1. The third-order valence-electron chi connectivity index (χ3n) is 3.40. The van der Waals surface area contributed by atoms with E-state index in [2.05, 4.69) is 0 Å². The summed E-state index contributed by atoms with van der Waals surface area (Å²) in [4.78, 5) is 14.1. The van der Waals surface area contributed by atoms with Gasteiger partial charge < -0.3 is 10.6 Å². The first-order chi connectivity index (χ1) is 10.4. The fourth-order valence-corrected chi connectivity index (χ4v) is 2.74. The summed E-state index contributed by atoms with van der Waals surface area (Å²) in [5.74, 6) is -0.227. The Labute approximate surface area is 145 Å². The molecule has 8 heteroatoms. The molecule has 0 radical (unpaired) electrons. The molecule has 0 saturated carbocycles. The van der Waals surface area contributed by atoms with Crippen LogP contribution in [0.5, 0.6) is 0 Å². The molecule has 0 saturated heterocycles. The highest BCUT2D eigenvalue weighted by Gasteiger charge is 2.22. The van der Waals surface area contributed by atoms with Gasteiger partial charge in [-0.2, -0.15) is 4.31 Å². The normalized spacial score (nSPS) is 11.1. The highest BCUT2D eigenvalue weighted by atomic mass is 35.5. The predicted molar refractivity (Wildman–Crippen MR) is 94.9 cm³/mol. The molecule has 132 valence electrons. The number of benzene rings is 1. The fraction of sp³-hybridized carbons (Fsp3) is 0.533. The van der Waals surface area contributed by atoms with E-state index in [9.17, 15) is 13.2 Å². The largest absolute Gasteiger partial charge is 0.337 e. The number of nitrogens with zero attached hydrogens (tertiary/aromatic N) is 2. The van der Waals surface area contributed by atoms with E-state index in [4.69, 9.17) is 5.73 Å². The molecule has 0 heterocycles. The summed E-state index contributed by atoms with van der Waals surface area (Å²) in [6.07, 6.45) is 0.683. The molecular weight excluding hydrogens is 338 g/mol. The maximum absolute atomic E-state index is 12.4. The molecule has 2 N–H and O–H groups in total. The molecule has 1 rings (SSSR count). The number of carbonyl (C=O) groups is 1. The highest BCUT2D eigenvalue weighted by Crippen LogP contribution is 2.07. The average molecular weight is 364 g/mol. The van der Waals surface area contributed by atoms with Gasteiger partial charge in [-0.1, -0.05) is 30.3 Å². The van der Waals surface area contributed by atoms with Crippen molar-refractivity contribution in [2.75, 3.05) is 32.4 Å². The van der Waals surface area contributed by atoms with Crippen LogP contribution < -0.4 is 5.73 Å². The zero-order valence-electron chi connectivity index (χ0n) is 13.6. The lowest BCUT2D eigenvalue weighted by Crippen LogP contribution is -2.42. The van der Waals surface area contributed by atoms with Crippen LogP contribution >= 0.6 is 12.4 Å². The van der Waals surface area contributed by atoms with Crippen molar-refractivity contribution in [3.8, 4) is 0 Å². The Morgan fingerprint density at radius 2 is 1.83 bits per heavy atom.